The normalized spacial score (nSPS) is 13.0. The van der Waals surface area contributed by atoms with Crippen LogP contribution < -0.4 is 14.8 Å². The maximum absolute atomic E-state index is 12.6. The first-order chi connectivity index (χ1) is 14.8. The van der Waals surface area contributed by atoms with Gasteiger partial charge in [-0.1, -0.05) is 11.6 Å². The number of esters is 1. The molecule has 1 aliphatic rings. The number of benzene rings is 1. The molecule has 0 aliphatic carbocycles. The van der Waals surface area contributed by atoms with Gasteiger partial charge in [0.15, 0.2) is 29.1 Å². The Kier molecular flexibility index (Phi) is 5.51. The lowest BCUT2D eigenvalue weighted by atomic mass is 10.2. The van der Waals surface area contributed by atoms with Crippen molar-refractivity contribution in [2.75, 3.05) is 12.1 Å². The van der Waals surface area contributed by atoms with Crippen LogP contribution in [0, 0.1) is 13.8 Å². The van der Waals surface area contributed by atoms with Crippen molar-refractivity contribution in [2.45, 2.75) is 26.9 Å². The van der Waals surface area contributed by atoms with Gasteiger partial charge in [-0.3, -0.25) is 4.79 Å². The van der Waals surface area contributed by atoms with E-state index in [2.05, 4.69) is 15.4 Å². The van der Waals surface area contributed by atoms with Crippen LogP contribution in [0.3, 0.4) is 0 Å². The number of amides is 1. The molecule has 0 spiro atoms. The van der Waals surface area contributed by atoms with E-state index in [1.165, 1.54) is 13.0 Å². The highest BCUT2D eigenvalue weighted by Crippen LogP contribution is 2.34. The lowest BCUT2D eigenvalue weighted by molar-refractivity contribution is -0.123. The summed E-state index contributed by atoms with van der Waals surface area (Å²) in [5.41, 5.74) is 2.05. The number of fused-ring (bicyclic) bond motifs is 1. The molecule has 0 bridgehead atoms. The van der Waals surface area contributed by atoms with E-state index in [0.29, 0.717) is 23.0 Å². The molecule has 10 heteroatoms. The van der Waals surface area contributed by atoms with Crippen LogP contribution in [-0.4, -0.2) is 39.5 Å². The zero-order chi connectivity index (χ0) is 22.1. The van der Waals surface area contributed by atoms with Gasteiger partial charge in [-0.15, -0.1) is 0 Å². The number of hydrogen-bond donors (Lipinski definition) is 1. The molecule has 0 fully saturated rings. The maximum Gasteiger partial charge on any atom is 0.359 e. The highest BCUT2D eigenvalue weighted by molar-refractivity contribution is 6.33. The van der Waals surface area contributed by atoms with Crippen molar-refractivity contribution in [3.63, 3.8) is 0 Å². The molecule has 1 aromatic carbocycles. The zero-order valence-corrected chi connectivity index (χ0v) is 17.8. The summed E-state index contributed by atoms with van der Waals surface area (Å²) in [4.78, 5) is 29.4. The SMILES string of the molecule is Cc1cc(C)n(-c2ccc(Cl)c(C(=O)OC(C)C(=O)Nc3ccc4c(c3)OCO4)n2)n1. The van der Waals surface area contributed by atoms with Crippen molar-refractivity contribution in [1.29, 1.82) is 0 Å². The number of carbonyl (C=O) groups excluding carboxylic acids is 2. The topological polar surface area (TPSA) is 105 Å². The summed E-state index contributed by atoms with van der Waals surface area (Å²) < 4.78 is 17.4. The third-order valence-electron chi connectivity index (χ3n) is 4.54. The minimum atomic E-state index is -1.09. The van der Waals surface area contributed by atoms with Gasteiger partial charge in [0.25, 0.3) is 5.91 Å². The third-order valence-corrected chi connectivity index (χ3v) is 4.85. The van der Waals surface area contributed by atoms with E-state index in [4.69, 9.17) is 25.8 Å². The maximum atomic E-state index is 12.6. The van der Waals surface area contributed by atoms with E-state index in [0.717, 1.165) is 11.4 Å². The zero-order valence-electron chi connectivity index (χ0n) is 17.0. The molecule has 160 valence electrons. The number of nitrogens with zero attached hydrogens (tertiary/aromatic N) is 3. The van der Waals surface area contributed by atoms with Crippen molar-refractivity contribution in [2.24, 2.45) is 0 Å². The molecule has 1 amide bonds. The van der Waals surface area contributed by atoms with Gasteiger partial charge < -0.3 is 19.5 Å². The minimum absolute atomic E-state index is 0.102. The summed E-state index contributed by atoms with van der Waals surface area (Å²) >= 11 is 6.15. The average Bonchev–Trinajstić information content (AvgIpc) is 3.33. The van der Waals surface area contributed by atoms with Crippen molar-refractivity contribution < 1.29 is 23.8 Å². The summed E-state index contributed by atoms with van der Waals surface area (Å²) in [5, 5.41) is 7.13. The second kappa shape index (κ2) is 8.27. The Hall–Kier alpha value is -3.59. The van der Waals surface area contributed by atoms with E-state index in [1.807, 2.05) is 19.9 Å². The van der Waals surface area contributed by atoms with E-state index in [-0.39, 0.29) is 17.5 Å². The first-order valence-corrected chi connectivity index (χ1v) is 9.81. The van der Waals surface area contributed by atoms with E-state index in [1.54, 1.807) is 28.9 Å². The predicted molar refractivity (Wildman–Crippen MR) is 112 cm³/mol. The number of carbonyl (C=O) groups is 2. The number of aromatic nitrogens is 3. The number of aryl methyl sites for hydroxylation is 2. The summed E-state index contributed by atoms with van der Waals surface area (Å²) in [7, 11) is 0. The molecule has 1 N–H and O–H groups in total. The van der Waals surface area contributed by atoms with Gasteiger partial charge >= 0.3 is 5.97 Å². The van der Waals surface area contributed by atoms with Gasteiger partial charge in [0.2, 0.25) is 6.79 Å². The molecule has 3 aromatic rings. The monoisotopic (exact) mass is 442 g/mol. The van der Waals surface area contributed by atoms with Crippen LogP contribution in [0.15, 0.2) is 36.4 Å². The van der Waals surface area contributed by atoms with Gasteiger partial charge in [0.1, 0.15) is 0 Å². The molecule has 1 unspecified atom stereocenters. The first-order valence-electron chi connectivity index (χ1n) is 9.43. The minimum Gasteiger partial charge on any atom is -0.454 e. The van der Waals surface area contributed by atoms with Crippen LogP contribution in [0.4, 0.5) is 5.69 Å². The number of nitrogens with one attached hydrogen (secondary N) is 1. The largest absolute Gasteiger partial charge is 0.454 e. The van der Waals surface area contributed by atoms with E-state index in [9.17, 15) is 9.59 Å². The third kappa shape index (κ3) is 4.31. The van der Waals surface area contributed by atoms with Crippen LogP contribution in [0.5, 0.6) is 11.5 Å². The molecule has 0 radical (unpaired) electrons. The summed E-state index contributed by atoms with van der Waals surface area (Å²) in [6.07, 6.45) is -1.09. The van der Waals surface area contributed by atoms with E-state index < -0.39 is 18.0 Å². The molecule has 0 saturated heterocycles. The summed E-state index contributed by atoms with van der Waals surface area (Å²) in [6.45, 7) is 5.32. The van der Waals surface area contributed by atoms with Crippen molar-refractivity contribution >= 4 is 29.2 Å². The van der Waals surface area contributed by atoms with Gasteiger partial charge in [-0.2, -0.15) is 5.10 Å². The van der Waals surface area contributed by atoms with Crippen LogP contribution in [0.1, 0.15) is 28.8 Å². The van der Waals surface area contributed by atoms with Gasteiger partial charge in [0.05, 0.1) is 10.7 Å². The number of halogens is 1. The molecule has 4 rings (SSSR count). The second-order valence-electron chi connectivity index (χ2n) is 6.94. The quantitative estimate of drug-likeness (QED) is 0.603. The molecule has 1 aliphatic heterocycles. The molecular formula is C21H19ClN4O5. The fourth-order valence-electron chi connectivity index (χ4n) is 3.04. The fraction of sp³-hybridized carbons (Fsp3) is 0.238. The molecule has 9 nitrogen and oxygen atoms in total. The van der Waals surface area contributed by atoms with E-state index >= 15 is 0 Å². The van der Waals surface area contributed by atoms with Crippen molar-refractivity contribution in [3.8, 4) is 17.3 Å². The Morgan fingerprint density at radius 2 is 1.94 bits per heavy atom. The molecule has 0 saturated carbocycles. The van der Waals surface area contributed by atoms with Crippen LogP contribution in [0.2, 0.25) is 5.02 Å². The molecule has 31 heavy (non-hydrogen) atoms. The lowest BCUT2D eigenvalue weighted by Crippen LogP contribution is -2.30. The molecule has 1 atom stereocenters. The average molecular weight is 443 g/mol. The smallest absolute Gasteiger partial charge is 0.359 e. The van der Waals surface area contributed by atoms with Crippen LogP contribution in [-0.2, 0) is 9.53 Å². The lowest BCUT2D eigenvalue weighted by Gasteiger charge is -2.14. The van der Waals surface area contributed by atoms with Crippen LogP contribution in [0.25, 0.3) is 5.82 Å². The number of anilines is 1. The summed E-state index contributed by atoms with van der Waals surface area (Å²) in [5.74, 6) is 0.208. The highest BCUT2D eigenvalue weighted by atomic mass is 35.5. The van der Waals surface area contributed by atoms with Gasteiger partial charge in [0, 0.05) is 17.4 Å². The number of pyridine rings is 1. The Labute approximate surface area is 182 Å². The van der Waals surface area contributed by atoms with Crippen LogP contribution >= 0.6 is 11.6 Å². The molecular weight excluding hydrogens is 424 g/mol. The van der Waals surface area contributed by atoms with Crippen molar-refractivity contribution in [3.05, 3.63) is 58.5 Å². The van der Waals surface area contributed by atoms with Gasteiger partial charge in [-0.25, -0.2) is 14.5 Å². The number of rotatable bonds is 5. The Morgan fingerprint density at radius 3 is 2.68 bits per heavy atom. The highest BCUT2D eigenvalue weighted by Gasteiger charge is 2.23. The molecule has 3 heterocycles. The van der Waals surface area contributed by atoms with Crippen molar-refractivity contribution in [1.82, 2.24) is 14.8 Å². The number of ether oxygens (including phenoxy) is 3. The predicted octanol–water partition coefficient (Wildman–Crippen LogP) is 3.45. The fourth-order valence-corrected chi connectivity index (χ4v) is 3.22. The Balaban J connectivity index is 1.46. The second-order valence-corrected chi connectivity index (χ2v) is 7.35. The van der Waals surface area contributed by atoms with Gasteiger partial charge in [-0.05, 0) is 51.1 Å². The first kappa shape index (κ1) is 20.7. The standard InChI is InChI=1S/C21H19ClN4O5/c1-11-8-12(2)26(25-11)18-7-5-15(22)19(24-18)21(28)31-13(3)20(27)23-14-4-6-16-17(9-14)30-10-29-16/h4-9,13H,10H2,1-3H3,(H,23,27). The Bertz CT molecular complexity index is 1180. The Morgan fingerprint density at radius 1 is 1.16 bits per heavy atom. The number of hydrogen-bond acceptors (Lipinski definition) is 7. The molecule has 2 aromatic heterocycles. The summed E-state index contributed by atoms with van der Waals surface area (Å²) in [6, 6.07) is 10.0.